The first-order valence-corrected chi connectivity index (χ1v) is 8.08. The number of carbonyl (C=O) groups excluding carboxylic acids is 1. The Morgan fingerprint density at radius 2 is 1.84 bits per heavy atom. The molecule has 3 aromatic rings. The summed E-state index contributed by atoms with van der Waals surface area (Å²) < 4.78 is 21.2. The number of benzene rings is 1. The van der Waals surface area contributed by atoms with Crippen molar-refractivity contribution in [3.05, 3.63) is 34.5 Å². The third-order valence-corrected chi connectivity index (χ3v) is 4.02. The molecule has 0 spiro atoms. The molecule has 1 N–H and O–H groups in total. The summed E-state index contributed by atoms with van der Waals surface area (Å²) in [6.07, 6.45) is 0. The summed E-state index contributed by atoms with van der Waals surface area (Å²) in [4.78, 5) is 12.5. The zero-order chi connectivity index (χ0) is 17.8. The Hall–Kier alpha value is -3.07. The van der Waals surface area contributed by atoms with Gasteiger partial charge in [-0.25, -0.2) is 0 Å². The third-order valence-electron chi connectivity index (χ3n) is 3.34. The largest absolute Gasteiger partial charge is 0.493 e. The molecule has 8 nitrogen and oxygen atoms in total. The first-order chi connectivity index (χ1) is 12.2. The average molecular weight is 361 g/mol. The van der Waals surface area contributed by atoms with Gasteiger partial charge in [0.2, 0.25) is 5.75 Å². The van der Waals surface area contributed by atoms with Crippen molar-refractivity contribution >= 4 is 23.3 Å². The van der Waals surface area contributed by atoms with Crippen LogP contribution in [-0.4, -0.2) is 37.4 Å². The van der Waals surface area contributed by atoms with Gasteiger partial charge in [-0.05, 0) is 23.6 Å². The average Bonchev–Trinajstić information content (AvgIpc) is 3.31. The summed E-state index contributed by atoms with van der Waals surface area (Å²) in [5.41, 5.74) is 1.09. The summed E-state index contributed by atoms with van der Waals surface area (Å²) >= 11 is 1.51. The van der Waals surface area contributed by atoms with Crippen LogP contribution >= 0.6 is 11.3 Å². The lowest BCUT2D eigenvalue weighted by Crippen LogP contribution is -2.13. The number of nitrogens with zero attached hydrogens (tertiary/aromatic N) is 2. The van der Waals surface area contributed by atoms with Gasteiger partial charge < -0.3 is 18.6 Å². The molecule has 25 heavy (non-hydrogen) atoms. The van der Waals surface area contributed by atoms with Crippen LogP contribution in [0, 0.1) is 0 Å². The topological polar surface area (TPSA) is 95.7 Å². The molecule has 0 aliphatic rings. The van der Waals surface area contributed by atoms with Gasteiger partial charge in [0.15, 0.2) is 11.5 Å². The number of anilines is 1. The number of methoxy groups -OCH3 is 3. The number of amides is 1. The van der Waals surface area contributed by atoms with Gasteiger partial charge >= 0.3 is 6.01 Å². The smallest absolute Gasteiger partial charge is 0.322 e. The number of hydrogen-bond donors (Lipinski definition) is 1. The molecule has 0 aliphatic carbocycles. The van der Waals surface area contributed by atoms with Gasteiger partial charge in [-0.15, -0.1) is 5.10 Å². The second kappa shape index (κ2) is 7.22. The lowest BCUT2D eigenvalue weighted by Gasteiger charge is -2.13. The van der Waals surface area contributed by atoms with E-state index in [4.69, 9.17) is 18.6 Å². The van der Waals surface area contributed by atoms with Crippen LogP contribution in [0.2, 0.25) is 0 Å². The normalized spacial score (nSPS) is 10.4. The van der Waals surface area contributed by atoms with Crippen molar-refractivity contribution in [1.29, 1.82) is 0 Å². The number of ether oxygens (including phenoxy) is 3. The second-order valence-corrected chi connectivity index (χ2v) is 5.57. The monoisotopic (exact) mass is 361 g/mol. The molecule has 2 aromatic heterocycles. The van der Waals surface area contributed by atoms with E-state index in [2.05, 4.69) is 15.5 Å². The zero-order valence-electron chi connectivity index (χ0n) is 13.7. The van der Waals surface area contributed by atoms with Gasteiger partial charge in [-0.2, -0.15) is 11.3 Å². The van der Waals surface area contributed by atoms with Crippen LogP contribution in [-0.2, 0) is 0 Å². The van der Waals surface area contributed by atoms with E-state index in [9.17, 15) is 4.79 Å². The molecule has 0 unspecified atom stereocenters. The Balaban J connectivity index is 1.84. The van der Waals surface area contributed by atoms with E-state index in [1.165, 1.54) is 44.8 Å². The maximum absolute atomic E-state index is 12.5. The van der Waals surface area contributed by atoms with Crippen molar-refractivity contribution < 1.29 is 23.4 Å². The van der Waals surface area contributed by atoms with Crippen LogP contribution in [0.4, 0.5) is 6.01 Å². The summed E-state index contributed by atoms with van der Waals surface area (Å²) in [5, 5.41) is 14.1. The first-order valence-electron chi connectivity index (χ1n) is 7.13. The van der Waals surface area contributed by atoms with Crippen LogP contribution in [0.3, 0.4) is 0 Å². The van der Waals surface area contributed by atoms with Crippen LogP contribution in [0.25, 0.3) is 11.5 Å². The Morgan fingerprint density at radius 3 is 2.40 bits per heavy atom. The molecule has 130 valence electrons. The van der Waals surface area contributed by atoms with E-state index in [0.29, 0.717) is 28.7 Å². The van der Waals surface area contributed by atoms with Gasteiger partial charge in [-0.3, -0.25) is 10.1 Å². The molecule has 0 bridgehead atoms. The van der Waals surface area contributed by atoms with Gasteiger partial charge in [0, 0.05) is 16.5 Å². The zero-order valence-corrected chi connectivity index (χ0v) is 14.5. The summed E-state index contributed by atoms with van der Waals surface area (Å²) in [6.45, 7) is 0. The van der Waals surface area contributed by atoms with E-state index in [-0.39, 0.29) is 6.01 Å². The Kier molecular flexibility index (Phi) is 4.85. The SMILES string of the molecule is COc1cc(C(=O)Nc2nnc(-c3ccsc3)o2)cc(OC)c1OC. The highest BCUT2D eigenvalue weighted by atomic mass is 32.1. The molecular formula is C16H15N3O5S. The molecule has 0 radical (unpaired) electrons. The van der Waals surface area contributed by atoms with Crippen molar-refractivity contribution in [2.24, 2.45) is 0 Å². The highest BCUT2D eigenvalue weighted by Crippen LogP contribution is 2.38. The number of rotatable bonds is 6. The number of carbonyl (C=O) groups is 1. The predicted molar refractivity (Wildman–Crippen MR) is 91.7 cm³/mol. The van der Waals surface area contributed by atoms with Crippen molar-refractivity contribution in [2.45, 2.75) is 0 Å². The second-order valence-electron chi connectivity index (χ2n) is 4.79. The Bertz CT molecular complexity index is 851. The summed E-state index contributed by atoms with van der Waals surface area (Å²) in [5.74, 6) is 1.04. The van der Waals surface area contributed by atoms with Crippen LogP contribution in [0.1, 0.15) is 10.4 Å². The van der Waals surface area contributed by atoms with Crippen molar-refractivity contribution in [3.8, 4) is 28.7 Å². The molecule has 0 saturated heterocycles. The quantitative estimate of drug-likeness (QED) is 0.721. The molecule has 0 atom stereocenters. The number of nitrogens with one attached hydrogen (secondary N) is 1. The number of thiophene rings is 1. The fourth-order valence-corrected chi connectivity index (χ4v) is 2.79. The Morgan fingerprint density at radius 1 is 1.12 bits per heavy atom. The fourth-order valence-electron chi connectivity index (χ4n) is 2.16. The number of hydrogen-bond acceptors (Lipinski definition) is 8. The summed E-state index contributed by atoms with van der Waals surface area (Å²) in [6, 6.07) is 4.92. The van der Waals surface area contributed by atoms with Crippen molar-refractivity contribution in [3.63, 3.8) is 0 Å². The molecule has 0 fully saturated rings. The molecule has 2 heterocycles. The van der Waals surface area contributed by atoms with Gasteiger partial charge in [-0.1, -0.05) is 5.10 Å². The maximum Gasteiger partial charge on any atom is 0.322 e. The van der Waals surface area contributed by atoms with E-state index in [0.717, 1.165) is 5.56 Å². The molecule has 1 amide bonds. The lowest BCUT2D eigenvalue weighted by molar-refractivity contribution is 0.102. The van der Waals surface area contributed by atoms with E-state index in [1.807, 2.05) is 16.8 Å². The minimum atomic E-state index is -0.445. The minimum Gasteiger partial charge on any atom is -0.493 e. The van der Waals surface area contributed by atoms with Crippen LogP contribution in [0.5, 0.6) is 17.2 Å². The molecular weight excluding hydrogens is 346 g/mol. The van der Waals surface area contributed by atoms with Crippen molar-refractivity contribution in [2.75, 3.05) is 26.6 Å². The van der Waals surface area contributed by atoms with Crippen molar-refractivity contribution in [1.82, 2.24) is 10.2 Å². The molecule has 1 aromatic carbocycles. The van der Waals surface area contributed by atoms with E-state index < -0.39 is 5.91 Å². The van der Waals surface area contributed by atoms with Crippen LogP contribution in [0.15, 0.2) is 33.4 Å². The molecule has 0 aliphatic heterocycles. The highest BCUT2D eigenvalue weighted by molar-refractivity contribution is 7.08. The van der Waals surface area contributed by atoms with E-state index >= 15 is 0 Å². The van der Waals surface area contributed by atoms with Gasteiger partial charge in [0.25, 0.3) is 11.8 Å². The van der Waals surface area contributed by atoms with Gasteiger partial charge in [0.05, 0.1) is 21.3 Å². The first kappa shape index (κ1) is 16.8. The Labute approximate surface area is 147 Å². The lowest BCUT2D eigenvalue weighted by atomic mass is 10.1. The third kappa shape index (κ3) is 3.41. The predicted octanol–water partition coefficient (Wildman–Crippen LogP) is 3.08. The minimum absolute atomic E-state index is 0.0000447. The maximum atomic E-state index is 12.5. The van der Waals surface area contributed by atoms with Crippen LogP contribution < -0.4 is 19.5 Å². The molecule has 9 heteroatoms. The standard InChI is InChI=1S/C16H15N3O5S/c1-21-11-6-10(7-12(22-2)13(11)23-3)14(20)17-16-19-18-15(24-16)9-4-5-25-8-9/h4-8H,1-3H3,(H,17,19,20). The molecule has 0 saturated carbocycles. The highest BCUT2D eigenvalue weighted by Gasteiger charge is 2.19. The summed E-state index contributed by atoms with van der Waals surface area (Å²) in [7, 11) is 4.44. The van der Waals surface area contributed by atoms with Gasteiger partial charge in [0.1, 0.15) is 0 Å². The molecule has 3 rings (SSSR count). The van der Waals surface area contributed by atoms with E-state index in [1.54, 1.807) is 0 Å². The fraction of sp³-hybridized carbons (Fsp3) is 0.188. The number of aromatic nitrogens is 2.